The number of ether oxygens (including phenoxy) is 1. The molecule has 0 unspecified atom stereocenters. The summed E-state index contributed by atoms with van der Waals surface area (Å²) < 4.78 is 5.07. The van der Waals surface area contributed by atoms with Crippen molar-refractivity contribution in [2.45, 2.75) is 19.3 Å². The van der Waals surface area contributed by atoms with E-state index in [1.807, 2.05) is 0 Å². The van der Waals surface area contributed by atoms with E-state index in [1.165, 1.54) is 19.6 Å². The van der Waals surface area contributed by atoms with E-state index in [2.05, 4.69) is 4.90 Å². The Kier molecular flexibility index (Phi) is 3.91. The number of rotatable bonds is 3. The summed E-state index contributed by atoms with van der Waals surface area (Å²) in [6.45, 7) is 1.86. The Morgan fingerprint density at radius 2 is 2.00 bits per heavy atom. The van der Waals surface area contributed by atoms with Gasteiger partial charge in [-0.1, -0.05) is 11.6 Å². The van der Waals surface area contributed by atoms with Gasteiger partial charge in [-0.2, -0.15) is 0 Å². The molecule has 0 spiro atoms. The van der Waals surface area contributed by atoms with Crippen molar-refractivity contribution in [3.05, 3.63) is 27.3 Å². The van der Waals surface area contributed by atoms with Crippen molar-refractivity contribution < 1.29 is 9.66 Å². The van der Waals surface area contributed by atoms with E-state index in [-0.39, 0.29) is 11.4 Å². The number of hydrogen-bond acceptors (Lipinski definition) is 4. The topological polar surface area (TPSA) is 55.6 Å². The molecule has 98 valence electrons. The monoisotopic (exact) mass is 270 g/mol. The number of benzene rings is 1. The number of piperidine rings is 1. The maximum absolute atomic E-state index is 10.9. The molecule has 0 aliphatic carbocycles. The van der Waals surface area contributed by atoms with Crippen LogP contribution in [0.3, 0.4) is 0 Å². The molecule has 0 amide bonds. The Bertz CT molecular complexity index is 459. The van der Waals surface area contributed by atoms with Crippen molar-refractivity contribution in [1.29, 1.82) is 0 Å². The zero-order valence-corrected chi connectivity index (χ0v) is 10.9. The van der Waals surface area contributed by atoms with E-state index >= 15 is 0 Å². The lowest BCUT2D eigenvalue weighted by atomic mass is 10.1. The van der Waals surface area contributed by atoms with Crippen LogP contribution in [0, 0.1) is 10.1 Å². The first-order valence-corrected chi connectivity index (χ1v) is 6.28. The minimum absolute atomic E-state index is 0.0942. The number of hydrogen-bond donors (Lipinski definition) is 0. The molecule has 1 heterocycles. The molecule has 1 aromatic carbocycles. The van der Waals surface area contributed by atoms with Crippen LogP contribution < -0.4 is 9.64 Å². The Morgan fingerprint density at radius 1 is 1.33 bits per heavy atom. The molecule has 1 saturated heterocycles. The maximum atomic E-state index is 10.9. The van der Waals surface area contributed by atoms with Crippen LogP contribution in [0.2, 0.25) is 5.02 Å². The maximum Gasteiger partial charge on any atom is 0.312 e. The molecule has 1 fully saturated rings. The number of methoxy groups -OCH3 is 1. The average Bonchev–Trinajstić information content (AvgIpc) is 2.39. The van der Waals surface area contributed by atoms with Gasteiger partial charge in [-0.15, -0.1) is 0 Å². The lowest BCUT2D eigenvalue weighted by Crippen LogP contribution is -2.29. The first-order chi connectivity index (χ1) is 8.63. The molecule has 5 nitrogen and oxygen atoms in total. The van der Waals surface area contributed by atoms with Gasteiger partial charge in [0, 0.05) is 25.2 Å². The molecular formula is C12H15ClN2O3. The molecule has 1 aliphatic heterocycles. The molecule has 6 heteroatoms. The summed E-state index contributed by atoms with van der Waals surface area (Å²) in [7, 11) is 1.43. The molecule has 0 saturated carbocycles. The molecule has 2 rings (SSSR count). The lowest BCUT2D eigenvalue weighted by molar-refractivity contribution is -0.385. The van der Waals surface area contributed by atoms with E-state index in [4.69, 9.17) is 16.3 Å². The quantitative estimate of drug-likeness (QED) is 0.625. The Morgan fingerprint density at radius 3 is 2.56 bits per heavy atom. The smallest absolute Gasteiger partial charge is 0.312 e. The largest absolute Gasteiger partial charge is 0.490 e. The van der Waals surface area contributed by atoms with Crippen LogP contribution in [0.25, 0.3) is 0 Å². The second-order valence-corrected chi connectivity index (χ2v) is 4.69. The molecule has 18 heavy (non-hydrogen) atoms. The van der Waals surface area contributed by atoms with Gasteiger partial charge in [0.2, 0.25) is 0 Å². The van der Waals surface area contributed by atoms with E-state index in [0.717, 1.165) is 31.6 Å². The summed E-state index contributed by atoms with van der Waals surface area (Å²) in [5.74, 6) is 0.255. The zero-order chi connectivity index (χ0) is 13.1. The summed E-state index contributed by atoms with van der Waals surface area (Å²) in [6.07, 6.45) is 3.46. The second-order valence-electron chi connectivity index (χ2n) is 4.28. The predicted molar refractivity (Wildman–Crippen MR) is 70.7 cm³/mol. The fourth-order valence-corrected chi connectivity index (χ4v) is 2.49. The van der Waals surface area contributed by atoms with Crippen molar-refractivity contribution in [2.75, 3.05) is 25.1 Å². The van der Waals surface area contributed by atoms with Gasteiger partial charge in [0.1, 0.15) is 0 Å². The molecule has 0 atom stereocenters. The number of halogens is 1. The van der Waals surface area contributed by atoms with Gasteiger partial charge in [0.15, 0.2) is 5.75 Å². The first-order valence-electron chi connectivity index (χ1n) is 5.90. The number of nitro groups is 1. The SMILES string of the molecule is COc1cc(N2CCCCC2)c(Cl)cc1[N+](=O)[O-]. The van der Waals surface area contributed by atoms with Crippen LogP contribution in [-0.2, 0) is 0 Å². The average molecular weight is 271 g/mol. The number of nitrogens with zero attached hydrogens (tertiary/aromatic N) is 2. The minimum atomic E-state index is -0.481. The van der Waals surface area contributed by atoms with E-state index in [1.54, 1.807) is 6.07 Å². The number of nitro benzene ring substituents is 1. The fraction of sp³-hybridized carbons (Fsp3) is 0.500. The van der Waals surface area contributed by atoms with Crippen LogP contribution in [-0.4, -0.2) is 25.1 Å². The normalized spacial score (nSPS) is 15.6. The van der Waals surface area contributed by atoms with Crippen molar-refractivity contribution in [2.24, 2.45) is 0 Å². The van der Waals surface area contributed by atoms with Crippen LogP contribution in [0.4, 0.5) is 11.4 Å². The van der Waals surface area contributed by atoms with Crippen LogP contribution in [0.15, 0.2) is 12.1 Å². The highest BCUT2D eigenvalue weighted by Crippen LogP contribution is 2.38. The van der Waals surface area contributed by atoms with Crippen LogP contribution in [0.1, 0.15) is 19.3 Å². The first kappa shape index (κ1) is 13.0. The van der Waals surface area contributed by atoms with Gasteiger partial charge in [-0.05, 0) is 19.3 Å². The summed E-state index contributed by atoms with van der Waals surface area (Å²) >= 11 is 6.13. The third-order valence-electron chi connectivity index (χ3n) is 3.14. The highest BCUT2D eigenvalue weighted by atomic mass is 35.5. The molecule has 0 aromatic heterocycles. The highest BCUT2D eigenvalue weighted by Gasteiger charge is 2.21. The van der Waals surface area contributed by atoms with Gasteiger partial charge >= 0.3 is 5.69 Å². The predicted octanol–water partition coefficient (Wildman–Crippen LogP) is 3.25. The summed E-state index contributed by atoms with van der Waals surface area (Å²) in [5.41, 5.74) is 0.724. The molecule has 1 aromatic rings. The fourth-order valence-electron chi connectivity index (χ4n) is 2.22. The van der Waals surface area contributed by atoms with Gasteiger partial charge in [0.25, 0.3) is 0 Å². The minimum Gasteiger partial charge on any atom is -0.490 e. The van der Waals surface area contributed by atoms with Gasteiger partial charge in [0.05, 0.1) is 22.7 Å². The van der Waals surface area contributed by atoms with E-state index in [9.17, 15) is 10.1 Å². The van der Waals surface area contributed by atoms with Crippen LogP contribution >= 0.6 is 11.6 Å². The van der Waals surface area contributed by atoms with Crippen molar-refractivity contribution >= 4 is 23.0 Å². The van der Waals surface area contributed by atoms with Gasteiger partial charge in [-0.3, -0.25) is 10.1 Å². The van der Waals surface area contributed by atoms with E-state index in [0.29, 0.717) is 5.02 Å². The van der Waals surface area contributed by atoms with E-state index < -0.39 is 4.92 Å². The Balaban J connectivity index is 2.39. The van der Waals surface area contributed by atoms with Crippen molar-refractivity contribution in [3.8, 4) is 5.75 Å². The van der Waals surface area contributed by atoms with Crippen LogP contribution in [0.5, 0.6) is 5.75 Å². The lowest BCUT2D eigenvalue weighted by Gasteiger charge is -2.29. The third kappa shape index (κ3) is 2.51. The van der Waals surface area contributed by atoms with Crippen molar-refractivity contribution in [1.82, 2.24) is 0 Å². The zero-order valence-electron chi connectivity index (χ0n) is 10.2. The molecular weight excluding hydrogens is 256 g/mol. The second kappa shape index (κ2) is 5.44. The Hall–Kier alpha value is -1.49. The van der Waals surface area contributed by atoms with Gasteiger partial charge < -0.3 is 9.64 Å². The molecule has 0 radical (unpaired) electrons. The summed E-state index contributed by atoms with van der Waals surface area (Å²) in [5, 5.41) is 11.3. The Labute approximate surface area is 110 Å². The summed E-state index contributed by atoms with van der Waals surface area (Å²) in [4.78, 5) is 12.5. The summed E-state index contributed by atoms with van der Waals surface area (Å²) in [6, 6.07) is 3.02. The molecule has 1 aliphatic rings. The standard InChI is InChI=1S/C12H15ClN2O3/c1-18-12-8-10(14-5-3-2-4-6-14)9(13)7-11(12)15(16)17/h7-8H,2-6H2,1H3. The number of anilines is 1. The van der Waals surface area contributed by atoms with Crippen molar-refractivity contribution in [3.63, 3.8) is 0 Å². The molecule has 0 N–H and O–H groups in total. The molecule has 0 bridgehead atoms. The third-order valence-corrected chi connectivity index (χ3v) is 3.44. The van der Waals surface area contributed by atoms with Gasteiger partial charge in [-0.25, -0.2) is 0 Å². The highest BCUT2D eigenvalue weighted by molar-refractivity contribution is 6.33.